The van der Waals surface area contributed by atoms with Crippen LogP contribution in [-0.2, 0) is 4.74 Å². The topological polar surface area (TPSA) is 49.8 Å². The van der Waals surface area contributed by atoms with E-state index in [4.69, 9.17) is 21.4 Å². The van der Waals surface area contributed by atoms with Crippen LogP contribution in [0, 0.1) is 0 Å². The number of rotatable bonds is 6. The van der Waals surface area contributed by atoms with E-state index >= 15 is 0 Å². The van der Waals surface area contributed by atoms with Crippen LogP contribution in [0.5, 0.6) is 0 Å². The van der Waals surface area contributed by atoms with Gasteiger partial charge in [-0.3, -0.25) is 0 Å². The average molecular weight is 258 g/mol. The average Bonchev–Trinajstić information content (AvgIpc) is 2.29. The van der Waals surface area contributed by atoms with Gasteiger partial charge in [0.15, 0.2) is 0 Å². The fourth-order valence-corrected chi connectivity index (χ4v) is 1.80. The molecule has 0 bridgehead atoms. The Morgan fingerprint density at radius 3 is 2.71 bits per heavy atom. The summed E-state index contributed by atoms with van der Waals surface area (Å²) < 4.78 is 5.02. The second-order valence-corrected chi connectivity index (χ2v) is 3.95. The van der Waals surface area contributed by atoms with Crippen molar-refractivity contribution in [2.24, 2.45) is 0 Å². The number of carboxylic acids is 1. The Morgan fingerprint density at radius 1 is 1.53 bits per heavy atom. The highest BCUT2D eigenvalue weighted by atomic mass is 35.5. The van der Waals surface area contributed by atoms with Gasteiger partial charge >= 0.3 is 5.97 Å². The molecular formula is C12H16ClNO3. The number of ether oxygens (including phenoxy) is 1. The second kappa shape index (κ2) is 6.47. The van der Waals surface area contributed by atoms with Crippen LogP contribution >= 0.6 is 11.6 Å². The van der Waals surface area contributed by atoms with Gasteiger partial charge in [-0.25, -0.2) is 4.79 Å². The number of benzene rings is 1. The second-order valence-electron chi connectivity index (χ2n) is 3.54. The maximum Gasteiger partial charge on any atom is 0.337 e. The molecule has 0 aliphatic heterocycles. The maximum atomic E-state index is 10.8. The minimum atomic E-state index is -1.01. The van der Waals surface area contributed by atoms with E-state index in [9.17, 15) is 4.79 Å². The monoisotopic (exact) mass is 257 g/mol. The molecule has 4 nitrogen and oxygen atoms in total. The molecular weight excluding hydrogens is 242 g/mol. The Bertz CT molecular complexity index is 395. The van der Waals surface area contributed by atoms with Crippen molar-refractivity contribution in [2.45, 2.75) is 6.92 Å². The molecule has 94 valence electrons. The van der Waals surface area contributed by atoms with Gasteiger partial charge in [0.05, 0.1) is 17.2 Å². The summed E-state index contributed by atoms with van der Waals surface area (Å²) in [5, 5.41) is 9.13. The van der Waals surface area contributed by atoms with Crippen LogP contribution in [0.15, 0.2) is 18.2 Å². The summed E-state index contributed by atoms with van der Waals surface area (Å²) in [5.74, 6) is -1.01. The van der Waals surface area contributed by atoms with E-state index in [0.29, 0.717) is 6.61 Å². The van der Waals surface area contributed by atoms with Gasteiger partial charge < -0.3 is 14.7 Å². The summed E-state index contributed by atoms with van der Waals surface area (Å²) in [7, 11) is 1.65. The number of halogens is 1. The summed E-state index contributed by atoms with van der Waals surface area (Å²) in [6, 6.07) is 4.95. The molecule has 1 aromatic rings. The molecule has 0 aliphatic carbocycles. The van der Waals surface area contributed by atoms with Crippen molar-refractivity contribution in [3.05, 3.63) is 28.8 Å². The number of aromatic carboxylic acids is 1. The van der Waals surface area contributed by atoms with Gasteiger partial charge in [-0.1, -0.05) is 11.6 Å². The predicted octanol–water partition coefficient (Wildman–Crippen LogP) is 2.51. The molecule has 0 heterocycles. The van der Waals surface area contributed by atoms with Crippen molar-refractivity contribution in [1.82, 2.24) is 0 Å². The Balaban J connectivity index is 2.90. The largest absolute Gasteiger partial charge is 0.478 e. The number of likely N-dealkylation sites (N-methyl/N-ethyl adjacent to an activating group) is 1. The minimum Gasteiger partial charge on any atom is -0.478 e. The molecule has 1 rings (SSSR count). The Labute approximate surface area is 106 Å². The zero-order chi connectivity index (χ0) is 12.8. The molecule has 0 radical (unpaired) electrons. The van der Waals surface area contributed by atoms with Gasteiger partial charge in [0, 0.05) is 25.9 Å². The molecule has 0 unspecified atom stereocenters. The van der Waals surface area contributed by atoms with Crippen molar-refractivity contribution >= 4 is 23.3 Å². The number of carboxylic acid groups (broad SMARTS) is 1. The fraction of sp³-hybridized carbons (Fsp3) is 0.417. The smallest absolute Gasteiger partial charge is 0.337 e. The molecule has 0 amide bonds. The fourth-order valence-electron chi connectivity index (χ4n) is 1.55. The van der Waals surface area contributed by atoms with Crippen LogP contribution in [-0.4, -0.2) is 37.9 Å². The normalized spacial score (nSPS) is 10.3. The van der Waals surface area contributed by atoms with Crippen LogP contribution < -0.4 is 4.90 Å². The third-order valence-corrected chi connectivity index (χ3v) is 2.81. The zero-order valence-electron chi connectivity index (χ0n) is 9.94. The lowest BCUT2D eigenvalue weighted by molar-refractivity contribution is 0.0697. The van der Waals surface area contributed by atoms with Crippen molar-refractivity contribution in [2.75, 3.05) is 31.7 Å². The van der Waals surface area contributed by atoms with Gasteiger partial charge in [0.2, 0.25) is 0 Å². The molecule has 0 atom stereocenters. The molecule has 0 aliphatic rings. The molecule has 0 fully saturated rings. The maximum absolute atomic E-state index is 10.8. The van der Waals surface area contributed by atoms with E-state index in [2.05, 4.69) is 4.90 Å². The number of methoxy groups -OCH3 is 1. The van der Waals surface area contributed by atoms with Crippen molar-refractivity contribution in [3.8, 4) is 0 Å². The SMILES string of the molecule is CCN(CCOC)c1ccc(C(=O)O)c(Cl)c1. The van der Waals surface area contributed by atoms with E-state index in [1.807, 2.05) is 6.92 Å². The van der Waals surface area contributed by atoms with Gasteiger partial charge in [-0.05, 0) is 25.1 Å². The predicted molar refractivity (Wildman–Crippen MR) is 68.2 cm³/mol. The highest BCUT2D eigenvalue weighted by Crippen LogP contribution is 2.23. The first-order valence-corrected chi connectivity index (χ1v) is 5.74. The van der Waals surface area contributed by atoms with Gasteiger partial charge in [-0.2, -0.15) is 0 Å². The quantitative estimate of drug-likeness (QED) is 0.851. The highest BCUT2D eigenvalue weighted by Gasteiger charge is 2.11. The molecule has 0 saturated carbocycles. The van der Waals surface area contributed by atoms with E-state index in [0.717, 1.165) is 18.8 Å². The summed E-state index contributed by atoms with van der Waals surface area (Å²) in [6.07, 6.45) is 0. The van der Waals surface area contributed by atoms with E-state index < -0.39 is 5.97 Å². The van der Waals surface area contributed by atoms with Crippen LogP contribution in [0.25, 0.3) is 0 Å². The number of hydrogen-bond donors (Lipinski definition) is 1. The van der Waals surface area contributed by atoms with Crippen molar-refractivity contribution in [3.63, 3.8) is 0 Å². The standard InChI is InChI=1S/C12H16ClNO3/c1-3-14(6-7-17-2)9-4-5-10(12(15)16)11(13)8-9/h4-5,8H,3,6-7H2,1-2H3,(H,15,16). The van der Waals surface area contributed by atoms with Gasteiger partial charge in [0.1, 0.15) is 0 Å². The van der Waals surface area contributed by atoms with Gasteiger partial charge in [-0.15, -0.1) is 0 Å². The lowest BCUT2D eigenvalue weighted by Gasteiger charge is -2.23. The summed E-state index contributed by atoms with van der Waals surface area (Å²) in [6.45, 7) is 4.20. The molecule has 5 heteroatoms. The molecule has 17 heavy (non-hydrogen) atoms. The van der Waals surface area contributed by atoms with Gasteiger partial charge in [0.25, 0.3) is 0 Å². The number of carbonyl (C=O) groups is 1. The van der Waals surface area contributed by atoms with Crippen LogP contribution in [0.3, 0.4) is 0 Å². The summed E-state index contributed by atoms with van der Waals surface area (Å²) in [4.78, 5) is 12.9. The minimum absolute atomic E-state index is 0.123. The summed E-state index contributed by atoms with van der Waals surface area (Å²) in [5.41, 5.74) is 1.03. The molecule has 0 aromatic heterocycles. The Hall–Kier alpha value is -1.26. The lowest BCUT2D eigenvalue weighted by atomic mass is 10.2. The van der Waals surface area contributed by atoms with Crippen LogP contribution in [0.1, 0.15) is 17.3 Å². The molecule has 0 saturated heterocycles. The zero-order valence-corrected chi connectivity index (χ0v) is 10.7. The lowest BCUT2D eigenvalue weighted by Crippen LogP contribution is -2.26. The van der Waals surface area contributed by atoms with Crippen LogP contribution in [0.4, 0.5) is 5.69 Å². The Morgan fingerprint density at radius 2 is 2.24 bits per heavy atom. The van der Waals surface area contributed by atoms with E-state index in [1.165, 1.54) is 6.07 Å². The van der Waals surface area contributed by atoms with Crippen molar-refractivity contribution < 1.29 is 14.6 Å². The molecule has 1 N–H and O–H groups in total. The third kappa shape index (κ3) is 3.61. The van der Waals surface area contributed by atoms with Crippen molar-refractivity contribution in [1.29, 1.82) is 0 Å². The first kappa shape index (κ1) is 13.8. The van der Waals surface area contributed by atoms with E-state index in [-0.39, 0.29) is 10.6 Å². The number of anilines is 1. The summed E-state index contributed by atoms with van der Waals surface area (Å²) >= 11 is 5.92. The first-order chi connectivity index (χ1) is 8.10. The number of nitrogens with zero attached hydrogens (tertiary/aromatic N) is 1. The molecule has 1 aromatic carbocycles. The number of hydrogen-bond acceptors (Lipinski definition) is 3. The Kier molecular flexibility index (Phi) is 5.25. The molecule has 0 spiro atoms. The van der Waals surface area contributed by atoms with E-state index in [1.54, 1.807) is 19.2 Å². The first-order valence-electron chi connectivity index (χ1n) is 5.36. The van der Waals surface area contributed by atoms with Crippen LogP contribution in [0.2, 0.25) is 5.02 Å². The highest BCUT2D eigenvalue weighted by molar-refractivity contribution is 6.33. The third-order valence-electron chi connectivity index (χ3n) is 2.50.